The molecule has 0 aliphatic heterocycles. The Morgan fingerprint density at radius 2 is 1.30 bits per heavy atom. The number of carbonyl (C=O) groups is 1. The van der Waals surface area contributed by atoms with Crippen molar-refractivity contribution < 1.29 is 44.0 Å². The summed E-state index contributed by atoms with van der Waals surface area (Å²) in [6, 6.07) is -0.975. The summed E-state index contributed by atoms with van der Waals surface area (Å²) in [6.07, 6.45) is 20.1. The van der Waals surface area contributed by atoms with Crippen LogP contribution in [0.2, 0.25) is 0 Å². The molecule has 6 N–H and O–H groups in total. The largest absolute Gasteiger partial charge is 0.817 e. The second kappa shape index (κ2) is 26.1. The molecule has 0 saturated carbocycles. The van der Waals surface area contributed by atoms with Crippen LogP contribution in [0.5, 0.6) is 0 Å². The summed E-state index contributed by atoms with van der Waals surface area (Å²) in [5.74, 6) is -2.89. The summed E-state index contributed by atoms with van der Waals surface area (Å²) in [7, 11) is -4.36. The van der Waals surface area contributed by atoms with Gasteiger partial charge in [0.15, 0.2) is 0 Å². The van der Waals surface area contributed by atoms with Gasteiger partial charge in [-0.15, -0.1) is 0 Å². The molecule has 0 bridgehead atoms. The number of carbonyl (C=O) groups excluding carboxylic acids is 1. The standard InChI is InChI=1S/C29H60N2O8P/c1-3-5-7-9-11-13-15-17-19-21-28(32)37-25-27(26-39-40(35,36)38-24-23-30)31-29(33,34)22-20-18-16-14-12-10-8-6-4-2/h27,31,33H,3-26,30H2,1-2H3,(H,35,36)/q-1/p+1/t27-,29?/m0/s1. The predicted octanol–water partition coefficient (Wildman–Crippen LogP) is 4.71. The van der Waals surface area contributed by atoms with Gasteiger partial charge in [0.05, 0.1) is 19.2 Å². The summed E-state index contributed by atoms with van der Waals surface area (Å²) >= 11 is 0. The van der Waals surface area contributed by atoms with Crippen molar-refractivity contribution in [1.29, 1.82) is 0 Å². The number of hydrogen-bond donors (Lipinski definition) is 4. The highest BCUT2D eigenvalue weighted by molar-refractivity contribution is 7.47. The van der Waals surface area contributed by atoms with Crippen LogP contribution in [0, 0.1) is 0 Å². The number of phosphoric acid groups is 1. The number of unbranched alkanes of at least 4 members (excludes halogenated alkanes) is 16. The Hall–Kier alpha value is -0.580. The van der Waals surface area contributed by atoms with E-state index in [0.29, 0.717) is 6.42 Å². The number of quaternary nitrogens is 1. The molecule has 0 radical (unpaired) electrons. The van der Waals surface area contributed by atoms with Crippen LogP contribution in [-0.4, -0.2) is 54.3 Å². The summed E-state index contributed by atoms with van der Waals surface area (Å²) < 4.78 is 27.1. The highest BCUT2D eigenvalue weighted by Gasteiger charge is 2.26. The van der Waals surface area contributed by atoms with Crippen LogP contribution in [0.4, 0.5) is 0 Å². The lowest BCUT2D eigenvalue weighted by Gasteiger charge is -2.39. The zero-order valence-corrected chi connectivity index (χ0v) is 26.4. The molecule has 0 aromatic heterocycles. The van der Waals surface area contributed by atoms with E-state index in [2.05, 4.69) is 24.9 Å². The van der Waals surface area contributed by atoms with E-state index in [4.69, 9.17) is 13.8 Å². The highest BCUT2D eigenvalue weighted by atomic mass is 31.2. The maximum absolute atomic E-state index is 12.7. The number of aliphatic hydroxyl groups is 1. The van der Waals surface area contributed by atoms with Crippen molar-refractivity contribution in [3.8, 4) is 0 Å². The Morgan fingerprint density at radius 3 is 1.80 bits per heavy atom. The third kappa shape index (κ3) is 26.3. The number of hydrogen-bond acceptors (Lipinski definition) is 8. The third-order valence-electron chi connectivity index (χ3n) is 6.82. The molecule has 0 aromatic carbocycles. The van der Waals surface area contributed by atoms with E-state index >= 15 is 0 Å². The van der Waals surface area contributed by atoms with Crippen molar-refractivity contribution in [3.63, 3.8) is 0 Å². The lowest BCUT2D eigenvalue weighted by atomic mass is 10.1. The molecular formula is C29H61N2O8P. The molecule has 3 atom stereocenters. The van der Waals surface area contributed by atoms with Crippen molar-refractivity contribution in [2.45, 2.75) is 154 Å². The van der Waals surface area contributed by atoms with Crippen LogP contribution in [0.15, 0.2) is 0 Å². The zero-order valence-electron chi connectivity index (χ0n) is 25.5. The Kier molecular flexibility index (Phi) is 25.7. The molecule has 240 valence electrons. The van der Waals surface area contributed by atoms with E-state index in [1.807, 2.05) is 0 Å². The van der Waals surface area contributed by atoms with E-state index < -0.39 is 32.4 Å². The number of phosphoric ester groups is 1. The average molecular weight is 597 g/mol. The first-order valence-corrected chi connectivity index (χ1v) is 17.4. The molecule has 10 nitrogen and oxygen atoms in total. The van der Waals surface area contributed by atoms with Crippen molar-refractivity contribution in [3.05, 3.63) is 0 Å². The molecule has 0 rings (SSSR count). The van der Waals surface area contributed by atoms with E-state index in [1.54, 1.807) is 0 Å². The van der Waals surface area contributed by atoms with Crippen LogP contribution in [0.1, 0.15) is 142 Å². The predicted molar refractivity (Wildman–Crippen MR) is 156 cm³/mol. The summed E-state index contributed by atoms with van der Waals surface area (Å²) in [4.78, 5) is 22.1. The molecule has 0 saturated heterocycles. The normalized spacial score (nSPS) is 15.4. The van der Waals surface area contributed by atoms with Crippen LogP contribution >= 0.6 is 7.82 Å². The fourth-order valence-corrected chi connectivity index (χ4v) is 5.25. The van der Waals surface area contributed by atoms with Gasteiger partial charge in [0, 0.05) is 12.3 Å². The van der Waals surface area contributed by atoms with Gasteiger partial charge in [0.2, 0.25) is 0 Å². The summed E-state index contributed by atoms with van der Waals surface area (Å²) in [5, 5.41) is 25.6. The van der Waals surface area contributed by atoms with Gasteiger partial charge in [-0.05, 0) is 12.8 Å². The van der Waals surface area contributed by atoms with E-state index in [0.717, 1.165) is 38.5 Å². The Balaban J connectivity index is 4.49. The molecule has 0 spiro atoms. The second-order valence-corrected chi connectivity index (χ2v) is 12.4. The van der Waals surface area contributed by atoms with Gasteiger partial charge in [-0.2, -0.15) is 0 Å². The van der Waals surface area contributed by atoms with Gasteiger partial charge < -0.3 is 25.6 Å². The fraction of sp³-hybridized carbons (Fsp3) is 0.966. The van der Waals surface area contributed by atoms with E-state index in [1.165, 1.54) is 70.6 Å². The molecule has 0 aliphatic carbocycles. The first kappa shape index (κ1) is 39.4. The molecule has 2 unspecified atom stereocenters. The zero-order chi connectivity index (χ0) is 30.0. The van der Waals surface area contributed by atoms with Crippen molar-refractivity contribution in [2.75, 3.05) is 26.4 Å². The minimum atomic E-state index is -4.36. The highest BCUT2D eigenvalue weighted by Crippen LogP contribution is 2.42. The molecule has 0 fully saturated rings. The van der Waals surface area contributed by atoms with Crippen molar-refractivity contribution in [2.24, 2.45) is 0 Å². The first-order chi connectivity index (χ1) is 19.2. The second-order valence-electron chi connectivity index (χ2n) is 10.9. The Bertz CT molecular complexity index is 639. The molecule has 11 heteroatoms. The maximum Gasteiger partial charge on any atom is 0.472 e. The lowest BCUT2D eigenvalue weighted by Crippen LogP contribution is -2.61. The molecular weight excluding hydrogens is 535 g/mol. The maximum atomic E-state index is 12.7. The number of esters is 1. The van der Waals surface area contributed by atoms with Gasteiger partial charge in [-0.1, -0.05) is 123 Å². The monoisotopic (exact) mass is 596 g/mol. The number of nitrogens with one attached hydrogen (secondary N) is 1. The smallest absolute Gasteiger partial charge is 0.472 e. The van der Waals surface area contributed by atoms with Crippen molar-refractivity contribution in [1.82, 2.24) is 5.32 Å². The molecule has 0 amide bonds. The quantitative estimate of drug-likeness (QED) is 0.0398. The average Bonchev–Trinajstić information content (AvgIpc) is 2.91. The van der Waals surface area contributed by atoms with Crippen LogP contribution in [-0.2, 0) is 23.1 Å². The van der Waals surface area contributed by atoms with E-state index in [-0.39, 0.29) is 32.6 Å². The molecule has 0 aliphatic rings. The Labute approximate surface area is 243 Å². The third-order valence-corrected chi connectivity index (χ3v) is 7.80. The first-order valence-electron chi connectivity index (χ1n) is 15.9. The fourth-order valence-electron chi connectivity index (χ4n) is 4.44. The summed E-state index contributed by atoms with van der Waals surface area (Å²) in [6.45, 7) is 3.90. The topological polar surface area (TPSA) is 165 Å². The van der Waals surface area contributed by atoms with Crippen LogP contribution in [0.25, 0.3) is 0 Å². The van der Waals surface area contributed by atoms with Gasteiger partial charge in [-0.25, -0.2) is 4.57 Å². The molecule has 40 heavy (non-hydrogen) atoms. The Morgan fingerprint density at radius 1 is 0.825 bits per heavy atom. The minimum Gasteiger partial charge on any atom is -0.817 e. The van der Waals surface area contributed by atoms with Crippen LogP contribution < -0.4 is 16.2 Å². The van der Waals surface area contributed by atoms with Gasteiger partial charge in [0.1, 0.15) is 13.2 Å². The number of rotatable bonds is 30. The SMILES string of the molecule is CCCCCCCCCCCC(=O)OC[C@@H](COP(=O)(O)OCC[NH3+])NC([O-])(O)CCCCCCCCCCC. The van der Waals surface area contributed by atoms with Gasteiger partial charge >= 0.3 is 13.8 Å². The van der Waals surface area contributed by atoms with Gasteiger partial charge in [0.25, 0.3) is 0 Å². The molecule has 0 heterocycles. The molecule has 0 aromatic rings. The van der Waals surface area contributed by atoms with E-state index in [9.17, 15) is 24.5 Å². The van der Waals surface area contributed by atoms with Gasteiger partial charge in [-0.3, -0.25) is 19.2 Å². The lowest BCUT2D eigenvalue weighted by molar-refractivity contribution is -0.562. The summed E-state index contributed by atoms with van der Waals surface area (Å²) in [5.41, 5.74) is 3.54. The minimum absolute atomic E-state index is 0.0412. The van der Waals surface area contributed by atoms with Crippen molar-refractivity contribution >= 4 is 13.8 Å². The van der Waals surface area contributed by atoms with Crippen LogP contribution in [0.3, 0.4) is 0 Å². The number of ether oxygens (including phenoxy) is 1.